The molecule has 0 spiro atoms. The molecule has 1 aliphatic rings. The van der Waals surface area contributed by atoms with Crippen molar-refractivity contribution in [2.45, 2.75) is 25.4 Å². The minimum absolute atomic E-state index is 0.0716. The molecular weight excluding hydrogens is 430 g/mol. The second-order valence-electron chi connectivity index (χ2n) is 7.62. The van der Waals surface area contributed by atoms with Crippen LogP contribution in [0.4, 0.5) is 0 Å². The van der Waals surface area contributed by atoms with E-state index in [1.807, 2.05) is 0 Å². The van der Waals surface area contributed by atoms with Crippen LogP contribution in [0.2, 0.25) is 0 Å². The first-order chi connectivity index (χ1) is 16.0. The minimum Gasteiger partial charge on any atom is -0.497 e. The number of aromatic nitrogens is 1. The molecule has 1 N–H and O–H groups in total. The Bertz CT molecular complexity index is 925. The van der Waals surface area contributed by atoms with Gasteiger partial charge in [-0.25, -0.2) is 0 Å². The largest absolute Gasteiger partial charge is 0.497 e. The molecule has 33 heavy (non-hydrogen) atoms. The number of amides is 2. The van der Waals surface area contributed by atoms with E-state index in [1.54, 1.807) is 45.6 Å². The predicted octanol–water partition coefficient (Wildman–Crippen LogP) is 2.13. The third-order valence-electron chi connectivity index (χ3n) is 5.41. The van der Waals surface area contributed by atoms with Crippen LogP contribution in [-0.2, 0) is 14.3 Å². The van der Waals surface area contributed by atoms with Crippen molar-refractivity contribution in [1.29, 1.82) is 0 Å². The van der Waals surface area contributed by atoms with Crippen molar-refractivity contribution < 1.29 is 33.1 Å². The highest BCUT2D eigenvalue weighted by atomic mass is 16.5. The summed E-state index contributed by atoms with van der Waals surface area (Å²) in [5, 5.41) is 6.82. The van der Waals surface area contributed by atoms with Crippen LogP contribution in [0.5, 0.6) is 11.5 Å². The number of rotatable bonds is 12. The van der Waals surface area contributed by atoms with Gasteiger partial charge in [0.25, 0.3) is 5.91 Å². The Balaban J connectivity index is 1.65. The van der Waals surface area contributed by atoms with Gasteiger partial charge in [0.15, 0.2) is 11.5 Å². The molecule has 10 heteroatoms. The van der Waals surface area contributed by atoms with Crippen molar-refractivity contribution in [2.75, 3.05) is 54.2 Å². The molecule has 1 aliphatic heterocycles. The van der Waals surface area contributed by atoms with Crippen molar-refractivity contribution in [3.63, 3.8) is 0 Å². The zero-order valence-electron chi connectivity index (χ0n) is 19.3. The number of carbonyl (C=O) groups excluding carboxylic acids is 2. The van der Waals surface area contributed by atoms with E-state index in [2.05, 4.69) is 10.5 Å². The lowest BCUT2D eigenvalue weighted by Gasteiger charge is -2.21. The lowest BCUT2D eigenvalue weighted by atomic mass is 10.1. The van der Waals surface area contributed by atoms with Crippen LogP contribution in [0.15, 0.2) is 28.8 Å². The molecular formula is C23H31N3O7. The molecule has 1 saturated heterocycles. The number of methoxy groups -OCH3 is 3. The highest BCUT2D eigenvalue weighted by Gasteiger charge is 2.23. The normalized spacial score (nSPS) is 15.3. The molecule has 0 aliphatic carbocycles. The van der Waals surface area contributed by atoms with E-state index in [0.717, 1.165) is 19.4 Å². The summed E-state index contributed by atoms with van der Waals surface area (Å²) in [5.74, 6) is 1.06. The molecule has 0 radical (unpaired) electrons. The number of hydrogen-bond acceptors (Lipinski definition) is 8. The van der Waals surface area contributed by atoms with Gasteiger partial charge < -0.3 is 33.7 Å². The number of nitrogens with zero attached hydrogens (tertiary/aromatic N) is 2. The predicted molar refractivity (Wildman–Crippen MR) is 119 cm³/mol. The lowest BCUT2D eigenvalue weighted by molar-refractivity contribution is -0.121. The fourth-order valence-electron chi connectivity index (χ4n) is 3.55. The van der Waals surface area contributed by atoms with Crippen LogP contribution in [0, 0.1) is 0 Å². The summed E-state index contributed by atoms with van der Waals surface area (Å²) in [6.45, 7) is 2.10. The van der Waals surface area contributed by atoms with E-state index in [4.69, 9.17) is 23.5 Å². The minimum atomic E-state index is -0.351. The maximum absolute atomic E-state index is 13.1. The van der Waals surface area contributed by atoms with Gasteiger partial charge in [-0.05, 0) is 31.0 Å². The van der Waals surface area contributed by atoms with Gasteiger partial charge in [-0.15, -0.1) is 0 Å². The maximum Gasteiger partial charge on any atom is 0.276 e. The summed E-state index contributed by atoms with van der Waals surface area (Å²) in [6, 6.07) is 6.81. The first kappa shape index (κ1) is 24.5. The molecule has 1 aromatic carbocycles. The van der Waals surface area contributed by atoms with E-state index in [-0.39, 0.29) is 36.6 Å². The van der Waals surface area contributed by atoms with Crippen molar-refractivity contribution in [2.24, 2.45) is 0 Å². The quantitative estimate of drug-likeness (QED) is 0.512. The highest BCUT2D eigenvalue weighted by molar-refractivity contribution is 5.93. The first-order valence-electron chi connectivity index (χ1n) is 10.9. The number of nitrogens with one attached hydrogen (secondary N) is 1. The molecule has 2 amide bonds. The summed E-state index contributed by atoms with van der Waals surface area (Å²) in [5.41, 5.74) is 0.742. The van der Waals surface area contributed by atoms with E-state index < -0.39 is 0 Å². The van der Waals surface area contributed by atoms with Crippen LogP contribution < -0.4 is 14.8 Å². The average molecular weight is 462 g/mol. The zero-order chi connectivity index (χ0) is 23.6. The molecule has 2 heterocycles. The Morgan fingerprint density at radius 1 is 1.18 bits per heavy atom. The second-order valence-corrected chi connectivity index (χ2v) is 7.62. The summed E-state index contributed by atoms with van der Waals surface area (Å²) in [7, 11) is 4.66. The number of hydrogen-bond donors (Lipinski definition) is 1. The Labute approximate surface area is 193 Å². The van der Waals surface area contributed by atoms with Gasteiger partial charge >= 0.3 is 0 Å². The molecule has 180 valence electrons. The molecule has 10 nitrogen and oxygen atoms in total. The van der Waals surface area contributed by atoms with Crippen LogP contribution in [0.3, 0.4) is 0 Å². The van der Waals surface area contributed by atoms with Crippen LogP contribution in [-0.4, -0.2) is 82.2 Å². The fourth-order valence-corrected chi connectivity index (χ4v) is 3.55. The van der Waals surface area contributed by atoms with Crippen molar-refractivity contribution in [1.82, 2.24) is 15.4 Å². The topological polar surface area (TPSA) is 112 Å². The van der Waals surface area contributed by atoms with Crippen LogP contribution in [0.25, 0.3) is 11.3 Å². The average Bonchev–Trinajstić information content (AvgIpc) is 3.54. The number of ether oxygens (including phenoxy) is 4. The van der Waals surface area contributed by atoms with Gasteiger partial charge in [0.1, 0.15) is 11.5 Å². The zero-order valence-corrected chi connectivity index (χ0v) is 19.3. The monoisotopic (exact) mass is 461 g/mol. The molecule has 1 atom stereocenters. The summed E-state index contributed by atoms with van der Waals surface area (Å²) >= 11 is 0. The van der Waals surface area contributed by atoms with Gasteiger partial charge in [0.2, 0.25) is 5.91 Å². The van der Waals surface area contributed by atoms with Gasteiger partial charge in [-0.1, -0.05) is 5.16 Å². The third kappa shape index (κ3) is 6.69. The van der Waals surface area contributed by atoms with E-state index in [9.17, 15) is 9.59 Å². The van der Waals surface area contributed by atoms with Crippen LogP contribution >= 0.6 is 0 Å². The lowest BCUT2D eigenvalue weighted by Crippen LogP contribution is -2.38. The van der Waals surface area contributed by atoms with Gasteiger partial charge in [-0.2, -0.15) is 0 Å². The second kappa shape index (κ2) is 12.2. The Morgan fingerprint density at radius 2 is 2.03 bits per heavy atom. The van der Waals surface area contributed by atoms with E-state index in [0.29, 0.717) is 42.5 Å². The highest BCUT2D eigenvalue weighted by Crippen LogP contribution is 2.33. The molecule has 0 saturated carbocycles. The molecule has 3 rings (SSSR count). The SMILES string of the molecule is COCCN(CCC(=O)NCC1CCCO1)C(=O)c1cc(-c2cc(OC)ccc2OC)on1. The summed E-state index contributed by atoms with van der Waals surface area (Å²) in [6.07, 6.45) is 2.20. The molecule has 1 aromatic heterocycles. The number of benzene rings is 1. The van der Waals surface area contributed by atoms with Crippen LogP contribution in [0.1, 0.15) is 29.8 Å². The fraction of sp³-hybridized carbons (Fsp3) is 0.522. The molecule has 1 unspecified atom stereocenters. The summed E-state index contributed by atoms with van der Waals surface area (Å²) in [4.78, 5) is 26.9. The van der Waals surface area contributed by atoms with E-state index >= 15 is 0 Å². The molecule has 2 aromatic rings. The Kier molecular flexibility index (Phi) is 9.08. The number of carbonyl (C=O) groups is 2. The molecule has 0 bridgehead atoms. The Hall–Kier alpha value is -3.11. The summed E-state index contributed by atoms with van der Waals surface area (Å²) < 4.78 is 26.7. The van der Waals surface area contributed by atoms with Gasteiger partial charge in [0, 0.05) is 45.8 Å². The van der Waals surface area contributed by atoms with Crippen molar-refractivity contribution in [3.8, 4) is 22.8 Å². The van der Waals surface area contributed by atoms with Crippen molar-refractivity contribution >= 4 is 11.8 Å². The van der Waals surface area contributed by atoms with Gasteiger partial charge in [0.05, 0.1) is 32.5 Å². The standard InChI is InChI=1S/C23H31N3O7/c1-29-12-10-26(9-8-22(27)24-15-17-5-4-11-32-17)23(28)19-14-21(33-25-19)18-13-16(30-2)6-7-20(18)31-3/h6-7,13-14,17H,4-5,8-12,15H2,1-3H3,(H,24,27). The smallest absolute Gasteiger partial charge is 0.276 e. The third-order valence-corrected chi connectivity index (χ3v) is 5.41. The van der Waals surface area contributed by atoms with E-state index in [1.165, 1.54) is 4.90 Å². The first-order valence-corrected chi connectivity index (χ1v) is 10.9. The maximum atomic E-state index is 13.1. The van der Waals surface area contributed by atoms with Gasteiger partial charge in [-0.3, -0.25) is 9.59 Å². The molecule has 1 fully saturated rings. The van der Waals surface area contributed by atoms with Crippen molar-refractivity contribution in [3.05, 3.63) is 30.0 Å². The Morgan fingerprint density at radius 3 is 2.73 bits per heavy atom.